The molecule has 0 spiro atoms. The Balaban J connectivity index is 2.03. The summed E-state index contributed by atoms with van der Waals surface area (Å²) in [5, 5.41) is 7.83. The largest absolute Gasteiger partial charge is 0.434 e. The molecule has 0 saturated heterocycles. The van der Waals surface area contributed by atoms with Crippen molar-refractivity contribution in [1.82, 2.24) is 15.6 Å². The molecule has 0 aromatic carbocycles. The standard InChI is InChI=1S/C16H25F3N4OS/c1-6-20-13(23-10-7-15(4,24-5)14(10,2)3)21-8-12-22-11(9-25-12)16(17,18)19/h9-10H,6-8H2,1-5H3,(H2,20,21,23). The monoisotopic (exact) mass is 378 g/mol. The maximum absolute atomic E-state index is 12.6. The fraction of sp³-hybridized carbons (Fsp3) is 0.750. The molecule has 0 amide bonds. The number of hydrogen-bond acceptors (Lipinski definition) is 4. The molecule has 2 atom stereocenters. The number of nitrogens with zero attached hydrogens (tertiary/aromatic N) is 2. The van der Waals surface area contributed by atoms with Crippen LogP contribution in [0.25, 0.3) is 0 Å². The van der Waals surface area contributed by atoms with Crippen molar-refractivity contribution < 1.29 is 17.9 Å². The van der Waals surface area contributed by atoms with Crippen molar-refractivity contribution in [2.75, 3.05) is 13.7 Å². The van der Waals surface area contributed by atoms with Gasteiger partial charge in [0, 0.05) is 30.5 Å². The summed E-state index contributed by atoms with van der Waals surface area (Å²) in [5.41, 5.74) is -1.17. The van der Waals surface area contributed by atoms with Gasteiger partial charge in [-0.25, -0.2) is 9.98 Å². The summed E-state index contributed by atoms with van der Waals surface area (Å²) in [5.74, 6) is 0.572. The van der Waals surface area contributed by atoms with Crippen LogP contribution in [-0.2, 0) is 17.5 Å². The number of guanidine groups is 1. The number of aromatic nitrogens is 1. The van der Waals surface area contributed by atoms with Crippen LogP contribution >= 0.6 is 11.3 Å². The van der Waals surface area contributed by atoms with Crippen LogP contribution in [0.2, 0.25) is 0 Å². The van der Waals surface area contributed by atoms with Crippen LogP contribution < -0.4 is 10.6 Å². The Labute approximate surface area is 150 Å². The zero-order valence-corrected chi connectivity index (χ0v) is 15.9. The predicted octanol–water partition coefficient (Wildman–Crippen LogP) is 3.42. The Kier molecular flexibility index (Phi) is 5.68. The van der Waals surface area contributed by atoms with Crippen LogP contribution in [0.5, 0.6) is 0 Å². The lowest BCUT2D eigenvalue weighted by Gasteiger charge is -2.59. The van der Waals surface area contributed by atoms with E-state index in [0.29, 0.717) is 17.5 Å². The first kappa shape index (κ1) is 20.0. The van der Waals surface area contributed by atoms with Crippen LogP contribution in [0.1, 0.15) is 44.8 Å². The van der Waals surface area contributed by atoms with E-state index in [9.17, 15) is 13.2 Å². The van der Waals surface area contributed by atoms with Gasteiger partial charge < -0.3 is 15.4 Å². The van der Waals surface area contributed by atoms with Crippen LogP contribution in [0, 0.1) is 5.41 Å². The topological polar surface area (TPSA) is 58.5 Å². The summed E-state index contributed by atoms with van der Waals surface area (Å²) in [6, 6.07) is 0.164. The van der Waals surface area contributed by atoms with E-state index in [4.69, 9.17) is 4.74 Å². The Morgan fingerprint density at radius 3 is 2.60 bits per heavy atom. The van der Waals surface area contributed by atoms with Crippen LogP contribution in [0.15, 0.2) is 10.4 Å². The molecule has 2 N–H and O–H groups in total. The molecule has 142 valence electrons. The third-order valence-corrected chi connectivity index (χ3v) is 5.98. The van der Waals surface area contributed by atoms with E-state index in [0.717, 1.165) is 23.1 Å². The van der Waals surface area contributed by atoms with Gasteiger partial charge in [-0.15, -0.1) is 11.3 Å². The van der Waals surface area contributed by atoms with Gasteiger partial charge in [-0.1, -0.05) is 13.8 Å². The number of nitrogens with one attached hydrogen (secondary N) is 2. The minimum atomic E-state index is -4.41. The Morgan fingerprint density at radius 1 is 1.44 bits per heavy atom. The van der Waals surface area contributed by atoms with Gasteiger partial charge >= 0.3 is 6.18 Å². The van der Waals surface area contributed by atoms with Gasteiger partial charge in [-0.2, -0.15) is 13.2 Å². The van der Waals surface area contributed by atoms with Crippen molar-refractivity contribution in [3.63, 3.8) is 0 Å². The fourth-order valence-corrected chi connectivity index (χ4v) is 3.59. The summed E-state index contributed by atoms with van der Waals surface area (Å²) in [6.07, 6.45) is -3.59. The number of hydrogen-bond donors (Lipinski definition) is 2. The van der Waals surface area contributed by atoms with E-state index >= 15 is 0 Å². The first-order valence-electron chi connectivity index (χ1n) is 8.15. The van der Waals surface area contributed by atoms with Crippen molar-refractivity contribution in [1.29, 1.82) is 0 Å². The highest BCUT2D eigenvalue weighted by atomic mass is 32.1. The third kappa shape index (κ3) is 4.08. The zero-order chi connectivity index (χ0) is 18.9. The highest BCUT2D eigenvalue weighted by molar-refractivity contribution is 7.09. The minimum Gasteiger partial charge on any atom is -0.378 e. The third-order valence-electron chi connectivity index (χ3n) is 5.15. The quantitative estimate of drug-likeness (QED) is 0.609. The summed E-state index contributed by atoms with van der Waals surface area (Å²) in [6.45, 7) is 9.02. The minimum absolute atomic E-state index is 0.0947. The first-order valence-corrected chi connectivity index (χ1v) is 9.03. The molecule has 1 aliphatic carbocycles. The molecule has 0 radical (unpaired) electrons. The molecule has 1 aromatic rings. The molecule has 0 aliphatic heterocycles. The molecule has 1 saturated carbocycles. The number of rotatable bonds is 5. The van der Waals surface area contributed by atoms with Gasteiger partial charge in [0.2, 0.25) is 0 Å². The predicted molar refractivity (Wildman–Crippen MR) is 92.7 cm³/mol. The number of halogens is 3. The Morgan fingerprint density at radius 2 is 2.12 bits per heavy atom. The van der Waals surface area contributed by atoms with E-state index in [2.05, 4.69) is 41.4 Å². The number of alkyl halides is 3. The van der Waals surface area contributed by atoms with E-state index in [-0.39, 0.29) is 23.6 Å². The summed E-state index contributed by atoms with van der Waals surface area (Å²) in [4.78, 5) is 7.98. The average Bonchev–Trinajstić information content (AvgIpc) is 3.01. The van der Waals surface area contributed by atoms with Crippen LogP contribution in [0.3, 0.4) is 0 Å². The molecule has 25 heavy (non-hydrogen) atoms. The Hall–Kier alpha value is -1.35. The van der Waals surface area contributed by atoms with Crippen molar-refractivity contribution in [2.24, 2.45) is 10.4 Å². The average molecular weight is 378 g/mol. The molecule has 1 aromatic heterocycles. The van der Waals surface area contributed by atoms with E-state index in [1.54, 1.807) is 7.11 Å². The summed E-state index contributed by atoms with van der Waals surface area (Å²) >= 11 is 0.965. The lowest BCUT2D eigenvalue weighted by atomic mass is 9.56. The SMILES string of the molecule is CCNC(=NCc1nc(C(F)(F)F)cs1)NC1CC(C)(OC)C1(C)C. The molecule has 1 aliphatic rings. The maximum Gasteiger partial charge on any atom is 0.434 e. The van der Waals surface area contributed by atoms with E-state index < -0.39 is 11.9 Å². The van der Waals surface area contributed by atoms with Gasteiger partial charge in [-0.3, -0.25) is 0 Å². The van der Waals surface area contributed by atoms with Crippen molar-refractivity contribution >= 4 is 17.3 Å². The van der Waals surface area contributed by atoms with E-state index in [1.807, 2.05) is 6.92 Å². The smallest absolute Gasteiger partial charge is 0.378 e. The first-order chi connectivity index (χ1) is 11.5. The lowest BCUT2D eigenvalue weighted by molar-refractivity contribution is -0.176. The normalized spacial score (nSPS) is 26.2. The number of methoxy groups -OCH3 is 1. The number of thiazole rings is 1. The van der Waals surface area contributed by atoms with Crippen molar-refractivity contribution in [3.05, 3.63) is 16.1 Å². The Bertz CT molecular complexity index is 629. The summed E-state index contributed by atoms with van der Waals surface area (Å²) < 4.78 is 43.4. The second kappa shape index (κ2) is 7.11. The number of aliphatic imine (C=N–C) groups is 1. The van der Waals surface area contributed by atoms with Gasteiger partial charge in [0.1, 0.15) is 5.01 Å². The van der Waals surface area contributed by atoms with Gasteiger partial charge in [0.15, 0.2) is 11.7 Å². The molecule has 2 rings (SSSR count). The molecule has 0 bridgehead atoms. The summed E-state index contributed by atoms with van der Waals surface area (Å²) in [7, 11) is 1.71. The van der Waals surface area contributed by atoms with Crippen molar-refractivity contribution in [2.45, 2.75) is 58.5 Å². The molecular formula is C16H25F3N4OS. The van der Waals surface area contributed by atoms with Crippen LogP contribution in [-0.4, -0.2) is 36.2 Å². The fourth-order valence-electron chi connectivity index (χ4n) is 2.87. The molecule has 1 heterocycles. The second-order valence-corrected chi connectivity index (χ2v) is 7.82. The molecule has 1 fully saturated rings. The highest BCUT2D eigenvalue weighted by Crippen LogP contribution is 2.51. The van der Waals surface area contributed by atoms with Gasteiger partial charge in [0.25, 0.3) is 0 Å². The molecule has 5 nitrogen and oxygen atoms in total. The van der Waals surface area contributed by atoms with Crippen LogP contribution in [0.4, 0.5) is 13.2 Å². The van der Waals surface area contributed by atoms with Crippen molar-refractivity contribution in [3.8, 4) is 0 Å². The highest BCUT2D eigenvalue weighted by Gasteiger charge is 2.58. The van der Waals surface area contributed by atoms with Gasteiger partial charge in [-0.05, 0) is 20.3 Å². The second-order valence-electron chi connectivity index (χ2n) is 6.88. The van der Waals surface area contributed by atoms with Gasteiger partial charge in [0.05, 0.1) is 12.1 Å². The molecule has 2 unspecified atom stereocenters. The molecular weight excluding hydrogens is 353 g/mol. The van der Waals surface area contributed by atoms with E-state index in [1.165, 1.54) is 0 Å². The molecule has 9 heteroatoms. The maximum atomic E-state index is 12.6. The lowest BCUT2D eigenvalue weighted by Crippen LogP contribution is -2.69. The number of ether oxygens (including phenoxy) is 1. The zero-order valence-electron chi connectivity index (χ0n) is 15.1.